The van der Waals surface area contributed by atoms with Gasteiger partial charge >= 0.3 is 5.97 Å². The van der Waals surface area contributed by atoms with Gasteiger partial charge in [-0.1, -0.05) is 0 Å². The van der Waals surface area contributed by atoms with Crippen molar-refractivity contribution in [1.82, 2.24) is 18.7 Å². The molecule has 2 aromatic carbocycles. The van der Waals surface area contributed by atoms with Crippen molar-refractivity contribution in [2.75, 3.05) is 7.11 Å². The minimum atomic E-state index is -0.368. The predicted molar refractivity (Wildman–Crippen MR) is 83.8 cm³/mol. The molecule has 0 aliphatic rings. The number of hydrogen-bond donors (Lipinski definition) is 1. The van der Waals surface area contributed by atoms with Crippen molar-refractivity contribution >= 4 is 39.8 Å². The largest absolute Gasteiger partial charge is 0.465 e. The number of aromatic nitrogens is 4. The van der Waals surface area contributed by atoms with Gasteiger partial charge in [0.2, 0.25) is 0 Å². The molecule has 2 heterocycles. The summed E-state index contributed by atoms with van der Waals surface area (Å²) in [5.74, 6) is 0.361. The highest BCUT2D eigenvalue weighted by Gasteiger charge is 2.11. The number of H-pyrrole nitrogens is 1. The number of ether oxygens (including phenoxy) is 1. The lowest BCUT2D eigenvalue weighted by Crippen LogP contribution is -2.00. The van der Waals surface area contributed by atoms with Crippen LogP contribution in [0, 0.1) is 0 Å². The predicted octanol–water partition coefficient (Wildman–Crippen LogP) is 3.02. The molecule has 7 heteroatoms. The Bertz CT molecular complexity index is 1010. The van der Waals surface area contributed by atoms with Gasteiger partial charge in [-0.25, -0.2) is 9.78 Å². The van der Waals surface area contributed by atoms with E-state index >= 15 is 0 Å². The Balaban J connectivity index is 1.82. The summed E-state index contributed by atoms with van der Waals surface area (Å²) in [5, 5.41) is 0. The van der Waals surface area contributed by atoms with Gasteiger partial charge in [0.25, 0.3) is 0 Å². The summed E-state index contributed by atoms with van der Waals surface area (Å²) in [6.45, 7) is 0. The maximum absolute atomic E-state index is 11.6. The number of carbonyl (C=O) groups is 1. The molecule has 108 valence electrons. The number of fused-ring (bicyclic) bond motifs is 2. The lowest BCUT2D eigenvalue weighted by atomic mass is 10.2. The van der Waals surface area contributed by atoms with Crippen LogP contribution < -0.4 is 0 Å². The molecule has 4 aromatic rings. The Hall–Kier alpha value is -2.80. The first kappa shape index (κ1) is 12.9. The summed E-state index contributed by atoms with van der Waals surface area (Å²) in [5.41, 5.74) is 4.71. The smallest absolute Gasteiger partial charge is 0.337 e. The van der Waals surface area contributed by atoms with Gasteiger partial charge < -0.3 is 9.72 Å². The molecule has 0 fully saturated rings. The summed E-state index contributed by atoms with van der Waals surface area (Å²) >= 11 is 1.19. The topological polar surface area (TPSA) is 80.8 Å². The number of rotatable bonds is 2. The highest BCUT2D eigenvalue weighted by Crippen LogP contribution is 2.24. The zero-order valence-corrected chi connectivity index (χ0v) is 12.3. The van der Waals surface area contributed by atoms with Gasteiger partial charge in [-0.05, 0) is 36.4 Å². The van der Waals surface area contributed by atoms with E-state index < -0.39 is 0 Å². The molecule has 0 bridgehead atoms. The summed E-state index contributed by atoms with van der Waals surface area (Å²) in [6.07, 6.45) is 0. The second-order valence-corrected chi connectivity index (χ2v) is 5.31. The number of hydrogen-bond acceptors (Lipinski definition) is 6. The van der Waals surface area contributed by atoms with Crippen LogP contribution in [0.4, 0.5) is 0 Å². The Morgan fingerprint density at radius 1 is 1.09 bits per heavy atom. The third kappa shape index (κ3) is 2.03. The highest BCUT2D eigenvalue weighted by molar-refractivity contribution is 7.00. The van der Waals surface area contributed by atoms with E-state index in [1.54, 1.807) is 18.2 Å². The van der Waals surface area contributed by atoms with Gasteiger partial charge in [0.1, 0.15) is 16.9 Å². The molecule has 0 saturated carbocycles. The first-order chi connectivity index (χ1) is 10.7. The Morgan fingerprint density at radius 2 is 1.91 bits per heavy atom. The lowest BCUT2D eigenvalue weighted by molar-refractivity contribution is 0.0601. The van der Waals surface area contributed by atoms with Crippen LogP contribution >= 0.6 is 11.7 Å². The molecule has 0 saturated heterocycles. The fourth-order valence-electron chi connectivity index (χ4n) is 2.32. The number of methoxy groups -OCH3 is 1. The molecular formula is C15H10N4O2S. The molecule has 0 atom stereocenters. The van der Waals surface area contributed by atoms with Gasteiger partial charge in [-0.15, -0.1) is 0 Å². The van der Waals surface area contributed by atoms with Gasteiger partial charge in [0.05, 0.1) is 35.4 Å². The second kappa shape index (κ2) is 4.88. The number of benzene rings is 2. The molecule has 4 rings (SSSR count). The summed E-state index contributed by atoms with van der Waals surface area (Å²) in [4.78, 5) is 19.4. The zero-order chi connectivity index (χ0) is 15.1. The van der Waals surface area contributed by atoms with E-state index in [-0.39, 0.29) is 5.97 Å². The third-order valence-corrected chi connectivity index (χ3v) is 3.99. The van der Waals surface area contributed by atoms with Crippen LogP contribution in [-0.4, -0.2) is 31.8 Å². The first-order valence-electron chi connectivity index (χ1n) is 6.55. The maximum atomic E-state index is 11.6. The number of imidazole rings is 1. The fourth-order valence-corrected chi connectivity index (χ4v) is 2.84. The summed E-state index contributed by atoms with van der Waals surface area (Å²) in [7, 11) is 1.36. The van der Waals surface area contributed by atoms with Crippen LogP contribution in [0.15, 0.2) is 36.4 Å². The minimum Gasteiger partial charge on any atom is -0.465 e. The van der Waals surface area contributed by atoms with Gasteiger partial charge in [0.15, 0.2) is 0 Å². The Kier molecular flexibility index (Phi) is 2.87. The van der Waals surface area contributed by atoms with Crippen molar-refractivity contribution in [3.05, 3.63) is 42.0 Å². The van der Waals surface area contributed by atoms with Crippen LogP contribution in [0.25, 0.3) is 33.5 Å². The molecule has 0 aliphatic heterocycles. The maximum Gasteiger partial charge on any atom is 0.337 e. The van der Waals surface area contributed by atoms with E-state index in [0.717, 1.165) is 33.5 Å². The SMILES string of the molecule is COC(=O)c1ccc2nc(-c3ccc4nsnc4c3)[nH]c2c1. The first-order valence-corrected chi connectivity index (χ1v) is 7.28. The molecule has 0 unspecified atom stereocenters. The zero-order valence-electron chi connectivity index (χ0n) is 11.5. The van der Waals surface area contributed by atoms with E-state index in [0.29, 0.717) is 5.56 Å². The fraction of sp³-hybridized carbons (Fsp3) is 0.0667. The molecule has 6 nitrogen and oxygen atoms in total. The average molecular weight is 310 g/mol. The van der Waals surface area contributed by atoms with Crippen molar-refractivity contribution in [2.45, 2.75) is 0 Å². The van der Waals surface area contributed by atoms with Crippen molar-refractivity contribution in [1.29, 1.82) is 0 Å². The van der Waals surface area contributed by atoms with Gasteiger partial charge in [-0.2, -0.15) is 8.75 Å². The van der Waals surface area contributed by atoms with Crippen molar-refractivity contribution in [3.63, 3.8) is 0 Å². The summed E-state index contributed by atoms with van der Waals surface area (Å²) in [6, 6.07) is 11.0. The molecule has 2 aromatic heterocycles. The quantitative estimate of drug-likeness (QED) is 0.576. The van der Waals surface area contributed by atoms with Gasteiger partial charge in [0, 0.05) is 5.56 Å². The average Bonchev–Trinajstić information content (AvgIpc) is 3.18. The molecule has 0 amide bonds. The molecule has 1 N–H and O–H groups in total. The number of nitrogens with one attached hydrogen (secondary N) is 1. The second-order valence-electron chi connectivity index (χ2n) is 4.78. The summed E-state index contributed by atoms with van der Waals surface area (Å²) < 4.78 is 13.1. The van der Waals surface area contributed by atoms with E-state index in [9.17, 15) is 4.79 Å². The highest BCUT2D eigenvalue weighted by atomic mass is 32.1. The molecular weight excluding hydrogens is 300 g/mol. The van der Waals surface area contributed by atoms with E-state index in [1.165, 1.54) is 18.8 Å². The van der Waals surface area contributed by atoms with Crippen LogP contribution in [0.3, 0.4) is 0 Å². The van der Waals surface area contributed by atoms with Crippen molar-refractivity contribution in [3.8, 4) is 11.4 Å². The number of aromatic amines is 1. The Morgan fingerprint density at radius 3 is 2.77 bits per heavy atom. The van der Waals surface area contributed by atoms with E-state index in [4.69, 9.17) is 4.74 Å². The number of esters is 1. The standard InChI is InChI=1S/C15H10N4O2S/c1-21-15(20)9-3-4-10-12(7-9)17-14(16-10)8-2-5-11-13(6-8)19-22-18-11/h2-7H,1H3,(H,16,17). The van der Waals surface area contributed by atoms with Crippen LogP contribution in [0.2, 0.25) is 0 Å². The van der Waals surface area contributed by atoms with Crippen molar-refractivity contribution < 1.29 is 9.53 Å². The minimum absolute atomic E-state index is 0.368. The normalized spacial score (nSPS) is 11.1. The van der Waals surface area contributed by atoms with Crippen LogP contribution in [0.5, 0.6) is 0 Å². The van der Waals surface area contributed by atoms with E-state index in [1.807, 2.05) is 18.2 Å². The van der Waals surface area contributed by atoms with Gasteiger partial charge in [-0.3, -0.25) is 0 Å². The molecule has 0 spiro atoms. The number of nitrogens with zero attached hydrogens (tertiary/aromatic N) is 3. The molecule has 22 heavy (non-hydrogen) atoms. The monoisotopic (exact) mass is 310 g/mol. The number of carbonyl (C=O) groups excluding carboxylic acids is 1. The van der Waals surface area contributed by atoms with Crippen molar-refractivity contribution in [2.24, 2.45) is 0 Å². The van der Waals surface area contributed by atoms with Crippen LogP contribution in [0.1, 0.15) is 10.4 Å². The van der Waals surface area contributed by atoms with E-state index in [2.05, 4.69) is 18.7 Å². The molecule has 0 radical (unpaired) electrons. The molecule has 0 aliphatic carbocycles. The van der Waals surface area contributed by atoms with Crippen LogP contribution in [-0.2, 0) is 4.74 Å². The lowest BCUT2D eigenvalue weighted by Gasteiger charge is -1.97. The Labute approximate surface area is 129 Å². The third-order valence-electron chi connectivity index (χ3n) is 3.43.